The van der Waals surface area contributed by atoms with E-state index in [9.17, 15) is 19.7 Å². The molecule has 0 fully saturated rings. The average Bonchev–Trinajstić information content (AvgIpc) is 2.37. The highest BCUT2D eigenvalue weighted by Crippen LogP contribution is 2.35. The van der Waals surface area contributed by atoms with Crippen LogP contribution in [0.25, 0.3) is 0 Å². The molecule has 0 bridgehead atoms. The number of hydrogen-bond acceptors (Lipinski definition) is 4. The summed E-state index contributed by atoms with van der Waals surface area (Å²) < 4.78 is 18.9. The lowest BCUT2D eigenvalue weighted by Crippen LogP contribution is -2.27. The van der Waals surface area contributed by atoms with Gasteiger partial charge in [-0.15, -0.1) is 0 Å². The van der Waals surface area contributed by atoms with Crippen molar-refractivity contribution in [3.8, 4) is 11.5 Å². The van der Waals surface area contributed by atoms with E-state index in [1.807, 2.05) is 0 Å². The van der Waals surface area contributed by atoms with Crippen molar-refractivity contribution >= 4 is 17.3 Å². The largest absolute Gasteiger partial charge is 0.618 e. The van der Waals surface area contributed by atoms with Crippen LogP contribution >= 0.6 is 11.6 Å². The van der Waals surface area contributed by atoms with Crippen molar-refractivity contribution in [3.05, 3.63) is 61.8 Å². The molecule has 0 amide bonds. The minimum absolute atomic E-state index is 0.248. The Labute approximate surface area is 124 Å². The number of rotatable bonds is 3. The maximum Gasteiger partial charge on any atom is 0.325 e. The lowest BCUT2D eigenvalue weighted by molar-refractivity contribution is -0.604. The maximum absolute atomic E-state index is 13.2. The molecule has 0 unspecified atom stereocenters. The maximum atomic E-state index is 13.2. The Balaban J connectivity index is 2.54. The molecule has 0 aliphatic carbocycles. The number of nitro groups is 1. The summed E-state index contributed by atoms with van der Waals surface area (Å²) in [7, 11) is 0. The Kier molecular flexibility index (Phi) is 3.95. The SMILES string of the molecule is Cc1cc(F)cc(C)c1Oc1c[n+]([O-])c(Cl)cc1[N+](=O)[O-]. The van der Waals surface area contributed by atoms with E-state index >= 15 is 0 Å². The van der Waals surface area contributed by atoms with Crippen molar-refractivity contribution in [2.45, 2.75) is 13.8 Å². The van der Waals surface area contributed by atoms with Crippen LogP contribution in [-0.4, -0.2) is 4.92 Å². The summed E-state index contributed by atoms with van der Waals surface area (Å²) >= 11 is 5.56. The summed E-state index contributed by atoms with van der Waals surface area (Å²) in [5.41, 5.74) is 0.457. The minimum Gasteiger partial charge on any atom is -0.618 e. The van der Waals surface area contributed by atoms with E-state index in [4.69, 9.17) is 16.3 Å². The molecule has 0 saturated carbocycles. The second kappa shape index (κ2) is 5.53. The predicted molar refractivity (Wildman–Crippen MR) is 73.0 cm³/mol. The molecule has 0 saturated heterocycles. The van der Waals surface area contributed by atoms with Gasteiger partial charge in [-0.25, -0.2) is 4.39 Å². The average molecular weight is 313 g/mol. The fourth-order valence-corrected chi connectivity index (χ4v) is 2.02. The number of aryl methyl sites for hydroxylation is 2. The summed E-state index contributed by atoms with van der Waals surface area (Å²) in [5.74, 6) is -0.458. The van der Waals surface area contributed by atoms with E-state index in [0.29, 0.717) is 11.1 Å². The minimum atomic E-state index is -0.713. The van der Waals surface area contributed by atoms with Gasteiger partial charge in [-0.3, -0.25) is 10.1 Å². The molecule has 1 aromatic carbocycles. The molecule has 0 aliphatic rings. The third kappa shape index (κ3) is 3.03. The molecule has 6 nitrogen and oxygen atoms in total. The highest BCUT2D eigenvalue weighted by atomic mass is 35.5. The number of nitrogens with zero attached hydrogens (tertiary/aromatic N) is 2. The summed E-state index contributed by atoms with van der Waals surface area (Å²) in [6.07, 6.45) is 0.864. The Bertz CT molecular complexity index is 713. The van der Waals surface area contributed by atoms with Crippen LogP contribution in [0.15, 0.2) is 24.4 Å². The van der Waals surface area contributed by atoms with Crippen LogP contribution < -0.4 is 9.47 Å². The van der Waals surface area contributed by atoms with E-state index in [-0.39, 0.29) is 21.4 Å². The van der Waals surface area contributed by atoms with Crippen LogP contribution in [0.4, 0.5) is 10.1 Å². The first-order valence-electron chi connectivity index (χ1n) is 5.81. The predicted octanol–water partition coefficient (Wildman–Crippen LogP) is 3.43. The molecule has 8 heteroatoms. The lowest BCUT2D eigenvalue weighted by Gasteiger charge is -2.11. The van der Waals surface area contributed by atoms with Gasteiger partial charge in [-0.1, -0.05) is 0 Å². The second-order valence-electron chi connectivity index (χ2n) is 4.40. The zero-order valence-electron chi connectivity index (χ0n) is 11.1. The van der Waals surface area contributed by atoms with Gasteiger partial charge in [0.2, 0.25) is 6.20 Å². The molecule has 110 valence electrons. The number of halogens is 2. The summed E-state index contributed by atoms with van der Waals surface area (Å²) in [6, 6.07) is 3.36. The molecule has 0 radical (unpaired) electrons. The fourth-order valence-electron chi connectivity index (χ4n) is 1.87. The van der Waals surface area contributed by atoms with E-state index in [1.165, 1.54) is 12.1 Å². The summed E-state index contributed by atoms with van der Waals surface area (Å²) in [5, 5.41) is 22.1. The van der Waals surface area contributed by atoms with Gasteiger partial charge in [-0.05, 0) is 48.7 Å². The molecular formula is C13H10ClFN2O4. The molecule has 1 heterocycles. The van der Waals surface area contributed by atoms with E-state index in [0.717, 1.165) is 12.3 Å². The topological polar surface area (TPSA) is 79.3 Å². The van der Waals surface area contributed by atoms with Crippen molar-refractivity contribution in [3.63, 3.8) is 0 Å². The first-order chi connectivity index (χ1) is 9.79. The molecular weight excluding hydrogens is 303 g/mol. The number of hydrogen-bond donors (Lipinski definition) is 0. The zero-order valence-corrected chi connectivity index (χ0v) is 11.8. The molecule has 1 aromatic heterocycles. The fraction of sp³-hybridized carbons (Fsp3) is 0.154. The highest BCUT2D eigenvalue weighted by molar-refractivity contribution is 6.28. The van der Waals surface area contributed by atoms with Crippen LogP contribution in [0.5, 0.6) is 11.5 Å². The number of pyridine rings is 1. The van der Waals surface area contributed by atoms with Gasteiger partial charge in [-0.2, -0.15) is 4.73 Å². The van der Waals surface area contributed by atoms with Crippen LogP contribution in [-0.2, 0) is 0 Å². The van der Waals surface area contributed by atoms with Gasteiger partial charge in [0.05, 0.1) is 4.92 Å². The summed E-state index contributed by atoms with van der Waals surface area (Å²) in [6.45, 7) is 3.19. The van der Waals surface area contributed by atoms with Gasteiger partial charge >= 0.3 is 5.69 Å². The van der Waals surface area contributed by atoms with Gasteiger partial charge < -0.3 is 9.94 Å². The molecule has 2 rings (SSSR count). The second-order valence-corrected chi connectivity index (χ2v) is 4.79. The smallest absolute Gasteiger partial charge is 0.325 e. The highest BCUT2D eigenvalue weighted by Gasteiger charge is 2.24. The number of benzene rings is 1. The number of aromatic nitrogens is 1. The standard InChI is InChI=1S/C13H10ClFN2O4/c1-7-3-9(15)4-8(2)13(7)21-11-6-16(18)12(14)5-10(11)17(19)20/h3-6H,1-2H3. The van der Waals surface area contributed by atoms with Crippen molar-refractivity contribution in [2.24, 2.45) is 0 Å². The van der Waals surface area contributed by atoms with Crippen molar-refractivity contribution in [2.75, 3.05) is 0 Å². The van der Waals surface area contributed by atoms with E-state index < -0.39 is 16.4 Å². The quantitative estimate of drug-likeness (QED) is 0.286. The summed E-state index contributed by atoms with van der Waals surface area (Å²) in [4.78, 5) is 10.3. The van der Waals surface area contributed by atoms with Gasteiger partial charge in [0.25, 0.3) is 10.9 Å². The lowest BCUT2D eigenvalue weighted by atomic mass is 10.1. The Morgan fingerprint density at radius 2 is 1.86 bits per heavy atom. The van der Waals surface area contributed by atoms with Crippen LogP contribution in [0.1, 0.15) is 11.1 Å². The molecule has 2 aromatic rings. The zero-order chi connectivity index (χ0) is 15.7. The van der Waals surface area contributed by atoms with Gasteiger partial charge in [0.15, 0.2) is 0 Å². The van der Waals surface area contributed by atoms with Crippen LogP contribution in [0.2, 0.25) is 5.15 Å². The molecule has 21 heavy (non-hydrogen) atoms. The Morgan fingerprint density at radius 3 is 2.38 bits per heavy atom. The normalized spacial score (nSPS) is 10.5. The van der Waals surface area contributed by atoms with Crippen LogP contribution in [0.3, 0.4) is 0 Å². The molecule has 0 aliphatic heterocycles. The first-order valence-corrected chi connectivity index (χ1v) is 6.19. The van der Waals surface area contributed by atoms with Crippen molar-refractivity contribution in [1.82, 2.24) is 0 Å². The first kappa shape index (κ1) is 15.0. The van der Waals surface area contributed by atoms with Crippen molar-refractivity contribution in [1.29, 1.82) is 0 Å². The number of ether oxygens (including phenoxy) is 1. The Hall–Kier alpha value is -2.41. The Morgan fingerprint density at radius 1 is 1.29 bits per heavy atom. The molecule has 0 atom stereocenters. The third-order valence-corrected chi connectivity index (χ3v) is 3.06. The van der Waals surface area contributed by atoms with Gasteiger partial charge in [0, 0.05) is 0 Å². The molecule has 0 N–H and O–H groups in total. The van der Waals surface area contributed by atoms with E-state index in [1.54, 1.807) is 13.8 Å². The van der Waals surface area contributed by atoms with Gasteiger partial charge in [0.1, 0.15) is 17.6 Å². The monoisotopic (exact) mass is 312 g/mol. The third-order valence-electron chi connectivity index (χ3n) is 2.79. The van der Waals surface area contributed by atoms with Crippen LogP contribution in [0, 0.1) is 35.0 Å². The van der Waals surface area contributed by atoms with E-state index in [2.05, 4.69) is 0 Å². The molecule has 0 spiro atoms. The van der Waals surface area contributed by atoms with Crippen molar-refractivity contribution < 1.29 is 18.8 Å².